The highest BCUT2D eigenvalue weighted by Gasteiger charge is 2.34. The average Bonchev–Trinajstić information content (AvgIpc) is 2.09. The van der Waals surface area contributed by atoms with Gasteiger partial charge < -0.3 is 15.7 Å². The lowest BCUT2D eigenvalue weighted by molar-refractivity contribution is -0.121. The topological polar surface area (TPSA) is 61.4 Å². The molecule has 0 fully saturated rings. The highest BCUT2D eigenvalue weighted by molar-refractivity contribution is 5.78. The van der Waals surface area contributed by atoms with Gasteiger partial charge in [-0.15, -0.1) is 0 Å². The van der Waals surface area contributed by atoms with Crippen LogP contribution in [0, 0.1) is 0 Å². The minimum atomic E-state index is -0.863. The molecule has 0 atom stereocenters. The second-order valence-corrected chi connectivity index (χ2v) is 4.89. The van der Waals surface area contributed by atoms with E-state index in [2.05, 4.69) is 10.6 Å². The molecule has 90 valence electrons. The number of carbonyl (C=O) groups is 1. The average molecular weight is 216 g/mol. The molecule has 0 aliphatic rings. The first-order valence-corrected chi connectivity index (χ1v) is 5.45. The SMILES string of the molecule is CCCNC(=O)CNC(C)(C)C(C)(C)O. The minimum absolute atomic E-state index is 0.0332. The fourth-order valence-corrected chi connectivity index (χ4v) is 0.844. The lowest BCUT2D eigenvalue weighted by atomic mass is 9.86. The van der Waals surface area contributed by atoms with Crippen LogP contribution in [-0.4, -0.2) is 35.2 Å². The number of hydrogen-bond donors (Lipinski definition) is 3. The smallest absolute Gasteiger partial charge is 0.233 e. The second kappa shape index (κ2) is 5.47. The molecular formula is C11H24N2O2. The summed E-state index contributed by atoms with van der Waals surface area (Å²) in [6, 6.07) is 0. The molecule has 0 radical (unpaired) electrons. The third-order valence-corrected chi connectivity index (χ3v) is 2.79. The van der Waals surface area contributed by atoms with Gasteiger partial charge in [-0.05, 0) is 34.1 Å². The van der Waals surface area contributed by atoms with E-state index < -0.39 is 11.1 Å². The van der Waals surface area contributed by atoms with Crippen LogP contribution in [0.15, 0.2) is 0 Å². The lowest BCUT2D eigenvalue weighted by Crippen LogP contribution is -2.57. The molecule has 0 bridgehead atoms. The molecule has 0 aromatic heterocycles. The van der Waals surface area contributed by atoms with Crippen LogP contribution in [-0.2, 0) is 4.79 Å². The van der Waals surface area contributed by atoms with Crippen LogP contribution in [0.5, 0.6) is 0 Å². The standard InChI is InChI=1S/C11H24N2O2/c1-6-7-12-9(14)8-13-10(2,3)11(4,5)15/h13,15H,6-8H2,1-5H3,(H,12,14). The summed E-state index contributed by atoms with van der Waals surface area (Å²) in [5.74, 6) is -0.0332. The minimum Gasteiger partial charge on any atom is -0.389 e. The predicted octanol–water partition coefficient (Wildman–Crippen LogP) is 0.652. The first kappa shape index (κ1) is 14.4. The Hall–Kier alpha value is -0.610. The van der Waals surface area contributed by atoms with Crippen LogP contribution in [0.2, 0.25) is 0 Å². The van der Waals surface area contributed by atoms with E-state index in [4.69, 9.17) is 0 Å². The van der Waals surface area contributed by atoms with Crippen LogP contribution in [0.3, 0.4) is 0 Å². The first-order chi connectivity index (χ1) is 6.70. The van der Waals surface area contributed by atoms with Crippen LogP contribution in [0.4, 0.5) is 0 Å². The van der Waals surface area contributed by atoms with Crippen LogP contribution < -0.4 is 10.6 Å². The Morgan fingerprint density at radius 3 is 2.20 bits per heavy atom. The van der Waals surface area contributed by atoms with E-state index in [1.54, 1.807) is 13.8 Å². The molecule has 3 N–H and O–H groups in total. The van der Waals surface area contributed by atoms with E-state index in [-0.39, 0.29) is 12.5 Å². The molecule has 4 heteroatoms. The quantitative estimate of drug-likeness (QED) is 0.611. The Morgan fingerprint density at radius 2 is 1.80 bits per heavy atom. The first-order valence-electron chi connectivity index (χ1n) is 5.45. The number of rotatable bonds is 6. The summed E-state index contributed by atoms with van der Waals surface area (Å²) >= 11 is 0. The van der Waals surface area contributed by atoms with E-state index in [1.807, 2.05) is 20.8 Å². The van der Waals surface area contributed by atoms with Crippen LogP contribution >= 0.6 is 0 Å². The third-order valence-electron chi connectivity index (χ3n) is 2.79. The Balaban J connectivity index is 3.99. The largest absolute Gasteiger partial charge is 0.389 e. The van der Waals surface area contributed by atoms with Crippen LogP contribution in [0.1, 0.15) is 41.0 Å². The van der Waals surface area contributed by atoms with Gasteiger partial charge in [0.25, 0.3) is 0 Å². The second-order valence-electron chi connectivity index (χ2n) is 4.89. The molecule has 1 amide bonds. The summed E-state index contributed by atoms with van der Waals surface area (Å²) in [4.78, 5) is 11.3. The Bertz CT molecular complexity index is 207. The van der Waals surface area contributed by atoms with Gasteiger partial charge in [0, 0.05) is 12.1 Å². The van der Waals surface area contributed by atoms with Crippen molar-refractivity contribution in [3.05, 3.63) is 0 Å². The monoisotopic (exact) mass is 216 g/mol. The number of hydrogen-bond acceptors (Lipinski definition) is 3. The summed E-state index contributed by atoms with van der Waals surface area (Å²) in [6.07, 6.45) is 0.931. The van der Waals surface area contributed by atoms with Crippen molar-refractivity contribution in [2.24, 2.45) is 0 Å². The van der Waals surface area contributed by atoms with Gasteiger partial charge in [0.2, 0.25) is 5.91 Å². The molecule has 0 aliphatic carbocycles. The fraction of sp³-hybridized carbons (Fsp3) is 0.909. The molecule has 0 rings (SSSR count). The van der Waals surface area contributed by atoms with E-state index in [9.17, 15) is 9.90 Å². The van der Waals surface area contributed by atoms with Crippen molar-refractivity contribution >= 4 is 5.91 Å². The Kier molecular flexibility index (Phi) is 5.24. The maximum absolute atomic E-state index is 11.3. The molecule has 0 heterocycles. The van der Waals surface area contributed by atoms with Crippen molar-refractivity contribution in [3.8, 4) is 0 Å². The Labute approximate surface area is 92.4 Å². The summed E-state index contributed by atoms with van der Waals surface area (Å²) in [6.45, 7) is 10.1. The number of carbonyl (C=O) groups excluding carboxylic acids is 1. The van der Waals surface area contributed by atoms with Crippen molar-refractivity contribution in [2.45, 2.75) is 52.2 Å². The third kappa shape index (κ3) is 5.14. The van der Waals surface area contributed by atoms with Crippen LogP contribution in [0.25, 0.3) is 0 Å². The maximum atomic E-state index is 11.3. The van der Waals surface area contributed by atoms with Gasteiger partial charge in [0.1, 0.15) is 0 Å². The highest BCUT2D eigenvalue weighted by atomic mass is 16.3. The molecule has 0 spiro atoms. The summed E-state index contributed by atoms with van der Waals surface area (Å²) in [5.41, 5.74) is -1.35. The van der Waals surface area contributed by atoms with Gasteiger partial charge >= 0.3 is 0 Å². The van der Waals surface area contributed by atoms with Crippen molar-refractivity contribution in [1.29, 1.82) is 0 Å². The lowest BCUT2D eigenvalue weighted by Gasteiger charge is -2.38. The number of nitrogens with one attached hydrogen (secondary N) is 2. The van der Waals surface area contributed by atoms with Gasteiger partial charge in [-0.25, -0.2) is 0 Å². The molecule has 0 saturated carbocycles. The summed E-state index contributed by atoms with van der Waals surface area (Å²) < 4.78 is 0. The summed E-state index contributed by atoms with van der Waals surface area (Å²) in [5, 5.41) is 15.7. The maximum Gasteiger partial charge on any atom is 0.233 e. The zero-order valence-corrected chi connectivity index (χ0v) is 10.5. The molecule has 0 aromatic carbocycles. The molecule has 4 nitrogen and oxygen atoms in total. The molecule has 0 unspecified atom stereocenters. The molecule has 0 aliphatic heterocycles. The van der Waals surface area contributed by atoms with Gasteiger partial charge in [0.05, 0.1) is 12.1 Å². The number of aliphatic hydroxyl groups is 1. The van der Waals surface area contributed by atoms with Gasteiger partial charge in [0.15, 0.2) is 0 Å². The normalized spacial score (nSPS) is 12.7. The fourth-order valence-electron chi connectivity index (χ4n) is 0.844. The summed E-state index contributed by atoms with van der Waals surface area (Å²) in [7, 11) is 0. The zero-order valence-electron chi connectivity index (χ0n) is 10.5. The van der Waals surface area contributed by atoms with Crippen molar-refractivity contribution in [2.75, 3.05) is 13.1 Å². The van der Waals surface area contributed by atoms with E-state index in [0.717, 1.165) is 6.42 Å². The van der Waals surface area contributed by atoms with Crippen molar-refractivity contribution in [3.63, 3.8) is 0 Å². The van der Waals surface area contributed by atoms with E-state index in [0.29, 0.717) is 6.54 Å². The van der Waals surface area contributed by atoms with Gasteiger partial charge in [-0.1, -0.05) is 6.92 Å². The molecule has 0 saturated heterocycles. The molecule has 15 heavy (non-hydrogen) atoms. The van der Waals surface area contributed by atoms with E-state index >= 15 is 0 Å². The van der Waals surface area contributed by atoms with Crippen molar-refractivity contribution < 1.29 is 9.90 Å². The predicted molar refractivity (Wildman–Crippen MR) is 61.7 cm³/mol. The van der Waals surface area contributed by atoms with E-state index in [1.165, 1.54) is 0 Å². The molecular weight excluding hydrogens is 192 g/mol. The Morgan fingerprint density at radius 1 is 1.27 bits per heavy atom. The van der Waals surface area contributed by atoms with Gasteiger partial charge in [-0.2, -0.15) is 0 Å². The highest BCUT2D eigenvalue weighted by Crippen LogP contribution is 2.19. The van der Waals surface area contributed by atoms with Crippen molar-refractivity contribution in [1.82, 2.24) is 10.6 Å². The number of amides is 1. The zero-order chi connectivity index (χ0) is 12.1. The molecule has 0 aromatic rings. The van der Waals surface area contributed by atoms with Gasteiger partial charge in [-0.3, -0.25) is 4.79 Å².